The lowest BCUT2D eigenvalue weighted by Crippen LogP contribution is -1.89. The topological polar surface area (TPSA) is 74.6 Å². The van der Waals surface area contributed by atoms with Crippen molar-refractivity contribution in [3.05, 3.63) is 0 Å². The van der Waals surface area contributed by atoms with E-state index in [4.69, 9.17) is 17.5 Å². The van der Waals surface area contributed by atoms with Crippen LogP contribution in [0.3, 0.4) is 0 Å². The Hall–Kier alpha value is 0.510. The zero-order valence-electron chi connectivity index (χ0n) is 3.03. The van der Waals surface area contributed by atoms with Gasteiger partial charge in [0, 0.05) is 0 Å². The fourth-order valence-corrected chi connectivity index (χ4v) is 0. The molecule has 7 heavy (non-hydrogen) atoms. The second-order valence-corrected chi connectivity index (χ2v) is 1.34. The van der Waals surface area contributed by atoms with Gasteiger partial charge in [0.2, 0.25) is 0 Å². The van der Waals surface area contributed by atoms with Gasteiger partial charge in [-0.1, -0.05) is 0 Å². The first kappa shape index (κ1) is 15.6. The third-order valence-corrected chi connectivity index (χ3v) is 0. The maximum absolute atomic E-state index is 8.74. The lowest BCUT2D eigenvalue weighted by molar-refractivity contribution is 0.381. The number of halogens is 1. The van der Waals surface area contributed by atoms with E-state index >= 15 is 0 Å². The molecule has 0 aliphatic heterocycles. The van der Waals surface area contributed by atoms with Crippen LogP contribution in [-0.4, -0.2) is 17.5 Å². The van der Waals surface area contributed by atoms with Crippen LogP contribution in [0.1, 0.15) is 0 Å². The molecule has 0 fully saturated rings. The van der Waals surface area contributed by atoms with E-state index in [0.717, 1.165) is 0 Å². The predicted octanol–water partition coefficient (Wildman–Crippen LogP) is -0.118. The van der Waals surface area contributed by atoms with Crippen LogP contribution in [0.25, 0.3) is 0 Å². The summed E-state index contributed by atoms with van der Waals surface area (Å²) >= 11 is 0. The van der Waals surface area contributed by atoms with E-state index in [9.17, 15) is 0 Å². The summed E-state index contributed by atoms with van der Waals surface area (Å²) in [5.74, 6) is 0. The van der Waals surface area contributed by atoms with Crippen LogP contribution in [0.15, 0.2) is 0 Å². The van der Waals surface area contributed by atoms with Gasteiger partial charge < -0.3 is 0 Å². The summed E-state index contributed by atoms with van der Waals surface area (Å²) in [5.41, 5.74) is 0. The van der Waals surface area contributed by atoms with Gasteiger partial charge >= 0.3 is 10.4 Å². The summed E-state index contributed by atoms with van der Waals surface area (Å²) in [4.78, 5) is 0. The molecule has 0 bridgehead atoms. The summed E-state index contributed by atoms with van der Waals surface area (Å²) in [5, 5.41) is 0. The first-order valence-corrected chi connectivity index (χ1v) is 2.10. The molecule has 0 aromatic rings. The van der Waals surface area contributed by atoms with Gasteiger partial charge in [0.25, 0.3) is 0 Å². The molecule has 2 N–H and O–H groups in total. The minimum Gasteiger partial charge on any atom is -0.264 e. The maximum Gasteiger partial charge on any atom is 0.394 e. The van der Waals surface area contributed by atoms with E-state index in [0.29, 0.717) is 0 Å². The molecule has 0 atom stereocenters. The summed E-state index contributed by atoms with van der Waals surface area (Å²) in [7, 11) is -4.67. The van der Waals surface area contributed by atoms with Gasteiger partial charge in [0.1, 0.15) is 0 Å². The first-order chi connectivity index (χ1) is 2.00. The average molecular weight is 169 g/mol. The largest absolute Gasteiger partial charge is 0.394 e. The molecule has 0 aromatic heterocycles. The lowest BCUT2D eigenvalue weighted by Gasteiger charge is -1.68. The Morgan fingerprint density at radius 1 is 1.14 bits per heavy atom. The van der Waals surface area contributed by atoms with Crippen LogP contribution < -0.4 is 0 Å². The van der Waals surface area contributed by atoms with E-state index in [1.165, 1.54) is 0 Å². The Kier molecular flexibility index (Phi) is 10.4. The third-order valence-electron chi connectivity index (χ3n) is 0. The van der Waals surface area contributed by atoms with Crippen molar-refractivity contribution in [1.29, 1.82) is 0 Å². The number of hydrogen-bond donors (Lipinski definition) is 2. The van der Waals surface area contributed by atoms with E-state index in [2.05, 4.69) is 0 Å². The molecular weight excluding hydrogens is 164 g/mol. The summed E-state index contributed by atoms with van der Waals surface area (Å²) in [6.45, 7) is 0. The van der Waals surface area contributed by atoms with Crippen molar-refractivity contribution in [2.75, 3.05) is 0 Å². The zero-order valence-corrected chi connectivity index (χ0v) is 5.66. The van der Waals surface area contributed by atoms with Crippen LogP contribution in [-0.2, 0) is 10.4 Å². The fourth-order valence-electron chi connectivity index (χ4n) is 0. The van der Waals surface area contributed by atoms with Crippen molar-refractivity contribution in [1.82, 2.24) is 0 Å². The molecule has 7 heteroatoms. The highest BCUT2D eigenvalue weighted by atomic mass is 35.5. The summed E-state index contributed by atoms with van der Waals surface area (Å²) < 4.78 is 31.6. The Balaban J connectivity index is -0.0000000800. The molecule has 0 amide bonds. The van der Waals surface area contributed by atoms with Gasteiger partial charge in [-0.2, -0.15) is 21.9 Å². The molecule has 0 unspecified atom stereocenters. The smallest absolute Gasteiger partial charge is 0.264 e. The average Bonchev–Trinajstić information content (AvgIpc) is 0.722. The first-order valence-electron chi connectivity index (χ1n) is 0.698. The maximum atomic E-state index is 8.74. The molecule has 0 aliphatic rings. The second-order valence-electron chi connectivity index (χ2n) is 0.448. The number of rotatable bonds is 0. The molecule has 48 valence electrons. The van der Waals surface area contributed by atoms with Crippen LogP contribution in [0.4, 0.5) is 0 Å². The van der Waals surface area contributed by atoms with Gasteiger partial charge in [-0.25, -0.2) is 0 Å². The summed E-state index contributed by atoms with van der Waals surface area (Å²) in [6, 6.07) is 0. The minimum atomic E-state index is -4.67. The quantitative estimate of drug-likeness (QED) is 0.495. The van der Waals surface area contributed by atoms with Crippen molar-refractivity contribution in [2.45, 2.75) is 0 Å². The molecule has 0 aromatic carbocycles. The fraction of sp³-hybridized carbons (Fsp3) is 0. The second kappa shape index (κ2) is 4.66. The van der Waals surface area contributed by atoms with Crippen LogP contribution >= 0.6 is 25.9 Å². The highest BCUT2D eigenvalue weighted by Crippen LogP contribution is 1.59. The minimum absolute atomic E-state index is 0. The zero-order chi connectivity index (χ0) is 4.50. The van der Waals surface area contributed by atoms with Gasteiger partial charge in [-0.15, -0.1) is 12.4 Å². The predicted molar refractivity (Wildman–Crippen MR) is 31.8 cm³/mol. The highest BCUT2D eigenvalue weighted by molar-refractivity contribution is 7.79. The van der Waals surface area contributed by atoms with Gasteiger partial charge in [0.05, 0.1) is 0 Å². The molecule has 0 radical (unpaired) electrons. The van der Waals surface area contributed by atoms with E-state index < -0.39 is 10.4 Å². The molecule has 0 aliphatic carbocycles. The Morgan fingerprint density at radius 3 is 1.14 bits per heavy atom. The van der Waals surface area contributed by atoms with Crippen molar-refractivity contribution >= 4 is 36.3 Å². The molecule has 4 nitrogen and oxygen atoms in total. The lowest BCUT2D eigenvalue weighted by atomic mass is 15.8. The highest BCUT2D eigenvalue weighted by Gasteiger charge is 1.84. The Morgan fingerprint density at radius 2 is 1.14 bits per heavy atom. The van der Waals surface area contributed by atoms with Crippen LogP contribution in [0.2, 0.25) is 0 Å². The standard InChI is InChI=1S/ClH.H2O4S.H2S/c;1-5(2,3)4;/h1H;(H2,1,2,3,4);1H2. The molecular formula is H5ClO4S2. The van der Waals surface area contributed by atoms with Crippen LogP contribution in [0, 0.1) is 0 Å². The van der Waals surface area contributed by atoms with Gasteiger partial charge in [-0.05, 0) is 0 Å². The third kappa shape index (κ3) is 509. The molecule has 0 heterocycles. The van der Waals surface area contributed by atoms with Crippen molar-refractivity contribution in [3.8, 4) is 0 Å². The van der Waals surface area contributed by atoms with E-state index in [1.807, 2.05) is 0 Å². The van der Waals surface area contributed by atoms with Crippen molar-refractivity contribution in [2.24, 2.45) is 0 Å². The van der Waals surface area contributed by atoms with Gasteiger partial charge in [-0.3, -0.25) is 9.11 Å². The van der Waals surface area contributed by atoms with Crippen LogP contribution in [0.5, 0.6) is 0 Å². The van der Waals surface area contributed by atoms with Crippen molar-refractivity contribution in [3.63, 3.8) is 0 Å². The summed E-state index contributed by atoms with van der Waals surface area (Å²) in [6.07, 6.45) is 0. The molecule has 0 saturated heterocycles. The Bertz CT molecular complexity index is 92.9. The Labute approximate surface area is 54.4 Å². The molecule has 0 saturated carbocycles. The number of hydrogen-bond acceptors (Lipinski definition) is 2. The molecule has 0 spiro atoms. The van der Waals surface area contributed by atoms with Gasteiger partial charge in [0.15, 0.2) is 0 Å². The van der Waals surface area contributed by atoms with E-state index in [1.54, 1.807) is 0 Å². The monoisotopic (exact) mass is 168 g/mol. The molecule has 0 rings (SSSR count). The van der Waals surface area contributed by atoms with Crippen molar-refractivity contribution < 1.29 is 17.5 Å². The SMILES string of the molecule is Cl.O=S(=O)(O)O.S. The normalized spacial score (nSPS) is 8.29. The van der Waals surface area contributed by atoms with E-state index in [-0.39, 0.29) is 25.9 Å².